The highest BCUT2D eigenvalue weighted by Gasteiger charge is 2.30. The van der Waals surface area contributed by atoms with Crippen LogP contribution < -0.4 is 5.73 Å². The van der Waals surface area contributed by atoms with E-state index in [0.717, 1.165) is 6.42 Å². The number of nitrogens with zero attached hydrogens (tertiary/aromatic N) is 1. The van der Waals surface area contributed by atoms with Gasteiger partial charge < -0.3 is 15.7 Å². The van der Waals surface area contributed by atoms with Gasteiger partial charge in [-0.2, -0.15) is 0 Å². The molecular weight excluding hydrogens is 146 g/mol. The maximum absolute atomic E-state index is 10.5. The normalized spacial score (nSPS) is 23.6. The average Bonchev–Trinajstić information content (AvgIpc) is 2.32. The van der Waals surface area contributed by atoms with Crippen LogP contribution in [0.15, 0.2) is 0 Å². The van der Waals surface area contributed by atoms with E-state index in [9.17, 15) is 4.79 Å². The number of nitrogens with two attached hydrogens (primary N) is 1. The molecule has 0 aromatic heterocycles. The predicted molar refractivity (Wildman–Crippen MR) is 39.3 cm³/mol. The molecule has 1 aliphatic heterocycles. The van der Waals surface area contributed by atoms with Gasteiger partial charge >= 0.3 is 5.97 Å². The molecule has 5 nitrogen and oxygen atoms in total. The number of aliphatic carboxylic acids is 1. The summed E-state index contributed by atoms with van der Waals surface area (Å²) in [7, 11) is 0. The lowest BCUT2D eigenvalue weighted by atomic mass is 10.2. The van der Waals surface area contributed by atoms with Crippen molar-refractivity contribution in [3.8, 4) is 0 Å². The van der Waals surface area contributed by atoms with Crippen LogP contribution in [0.1, 0.15) is 12.8 Å². The van der Waals surface area contributed by atoms with Crippen molar-refractivity contribution in [2.24, 2.45) is 5.73 Å². The van der Waals surface area contributed by atoms with Crippen LogP contribution in [0.25, 0.3) is 0 Å². The molecule has 1 fully saturated rings. The van der Waals surface area contributed by atoms with Crippen LogP contribution in [0.5, 0.6) is 0 Å². The standard InChI is InChI=1S/C6H11N3O2/c7-6(8)9-3-1-2-4(9)5(10)11/h4H,1-3H2,(H3,7,8)(H,10,11)/t4-/m1/s1. The molecule has 0 saturated carbocycles. The zero-order valence-corrected chi connectivity index (χ0v) is 6.08. The Labute approximate surface area is 64.3 Å². The summed E-state index contributed by atoms with van der Waals surface area (Å²) in [6, 6.07) is -0.576. The monoisotopic (exact) mass is 157 g/mol. The van der Waals surface area contributed by atoms with Crippen molar-refractivity contribution in [3.63, 3.8) is 0 Å². The first-order valence-electron chi connectivity index (χ1n) is 3.46. The van der Waals surface area contributed by atoms with E-state index in [1.54, 1.807) is 0 Å². The Bertz CT molecular complexity index is 172. The summed E-state index contributed by atoms with van der Waals surface area (Å²) in [6.07, 6.45) is 1.39. The first-order chi connectivity index (χ1) is 5.13. The van der Waals surface area contributed by atoms with E-state index in [-0.39, 0.29) is 5.96 Å². The average molecular weight is 157 g/mol. The van der Waals surface area contributed by atoms with Gasteiger partial charge in [0.05, 0.1) is 0 Å². The second-order valence-corrected chi connectivity index (χ2v) is 2.57. The second-order valence-electron chi connectivity index (χ2n) is 2.57. The van der Waals surface area contributed by atoms with Crippen molar-refractivity contribution in [2.75, 3.05) is 6.54 Å². The Morgan fingerprint density at radius 2 is 2.36 bits per heavy atom. The summed E-state index contributed by atoms with van der Waals surface area (Å²) in [5.74, 6) is -1.03. The summed E-state index contributed by atoms with van der Waals surface area (Å²) >= 11 is 0. The van der Waals surface area contributed by atoms with Crippen molar-refractivity contribution in [1.29, 1.82) is 5.41 Å². The maximum atomic E-state index is 10.5. The third kappa shape index (κ3) is 1.42. The minimum atomic E-state index is -0.891. The number of nitrogens with one attached hydrogen (secondary N) is 1. The molecule has 0 aromatic carbocycles. The smallest absolute Gasteiger partial charge is 0.326 e. The molecule has 4 N–H and O–H groups in total. The van der Waals surface area contributed by atoms with Crippen molar-refractivity contribution < 1.29 is 9.90 Å². The molecule has 1 heterocycles. The zero-order chi connectivity index (χ0) is 8.43. The summed E-state index contributed by atoms with van der Waals surface area (Å²) in [6.45, 7) is 0.590. The fourth-order valence-corrected chi connectivity index (χ4v) is 1.31. The summed E-state index contributed by atoms with van der Waals surface area (Å²) in [5, 5.41) is 15.7. The van der Waals surface area contributed by atoms with Crippen LogP contribution in [0.4, 0.5) is 0 Å². The number of guanidine groups is 1. The highest BCUT2D eigenvalue weighted by Crippen LogP contribution is 2.15. The van der Waals surface area contributed by atoms with Gasteiger partial charge in [-0.3, -0.25) is 5.41 Å². The van der Waals surface area contributed by atoms with Crippen molar-refractivity contribution in [2.45, 2.75) is 18.9 Å². The van der Waals surface area contributed by atoms with Crippen molar-refractivity contribution >= 4 is 11.9 Å². The van der Waals surface area contributed by atoms with Gasteiger partial charge in [0.15, 0.2) is 5.96 Å². The van der Waals surface area contributed by atoms with E-state index in [2.05, 4.69) is 0 Å². The van der Waals surface area contributed by atoms with E-state index < -0.39 is 12.0 Å². The lowest BCUT2D eigenvalue weighted by Gasteiger charge is -2.20. The van der Waals surface area contributed by atoms with E-state index in [4.69, 9.17) is 16.2 Å². The molecule has 11 heavy (non-hydrogen) atoms. The van der Waals surface area contributed by atoms with Crippen LogP contribution in [-0.2, 0) is 4.79 Å². The highest BCUT2D eigenvalue weighted by atomic mass is 16.4. The number of carboxylic acid groups (broad SMARTS) is 1. The van der Waals surface area contributed by atoms with Gasteiger partial charge in [-0.25, -0.2) is 4.79 Å². The number of hydrogen-bond donors (Lipinski definition) is 3. The topological polar surface area (TPSA) is 90.4 Å². The maximum Gasteiger partial charge on any atom is 0.326 e. The van der Waals surface area contributed by atoms with Gasteiger partial charge in [-0.05, 0) is 12.8 Å². The summed E-state index contributed by atoms with van der Waals surface area (Å²) < 4.78 is 0. The van der Waals surface area contributed by atoms with Gasteiger partial charge in [0.25, 0.3) is 0 Å². The lowest BCUT2D eigenvalue weighted by molar-refractivity contribution is -0.140. The summed E-state index contributed by atoms with van der Waals surface area (Å²) in [4.78, 5) is 11.9. The third-order valence-corrected chi connectivity index (χ3v) is 1.85. The van der Waals surface area contributed by atoms with Crippen LogP contribution >= 0.6 is 0 Å². The molecule has 1 rings (SSSR count). The van der Waals surface area contributed by atoms with E-state index in [1.165, 1.54) is 4.90 Å². The first-order valence-corrected chi connectivity index (χ1v) is 3.46. The molecule has 62 valence electrons. The second kappa shape index (κ2) is 2.77. The van der Waals surface area contributed by atoms with Gasteiger partial charge in [0.1, 0.15) is 6.04 Å². The van der Waals surface area contributed by atoms with Gasteiger partial charge in [0.2, 0.25) is 0 Å². The van der Waals surface area contributed by atoms with E-state index in [0.29, 0.717) is 13.0 Å². The quantitative estimate of drug-likeness (QED) is 0.351. The predicted octanol–water partition coefficient (Wildman–Crippen LogP) is -0.571. The van der Waals surface area contributed by atoms with Crippen LogP contribution in [-0.4, -0.2) is 34.5 Å². The van der Waals surface area contributed by atoms with E-state index >= 15 is 0 Å². The molecule has 1 aliphatic rings. The number of carboxylic acids is 1. The molecule has 0 aromatic rings. The Kier molecular flexibility index (Phi) is 1.98. The van der Waals surface area contributed by atoms with Gasteiger partial charge in [0, 0.05) is 6.54 Å². The molecule has 0 unspecified atom stereocenters. The molecule has 1 saturated heterocycles. The Morgan fingerprint density at radius 1 is 1.73 bits per heavy atom. The van der Waals surface area contributed by atoms with E-state index in [1.807, 2.05) is 0 Å². The molecule has 0 spiro atoms. The highest BCUT2D eigenvalue weighted by molar-refractivity contribution is 5.83. The van der Waals surface area contributed by atoms with Gasteiger partial charge in [-0.1, -0.05) is 0 Å². The Morgan fingerprint density at radius 3 is 2.73 bits per heavy atom. The van der Waals surface area contributed by atoms with Crippen molar-refractivity contribution in [1.82, 2.24) is 4.90 Å². The Hall–Kier alpha value is -1.26. The van der Waals surface area contributed by atoms with Crippen molar-refractivity contribution in [3.05, 3.63) is 0 Å². The molecule has 0 bridgehead atoms. The summed E-state index contributed by atoms with van der Waals surface area (Å²) in [5.41, 5.74) is 5.17. The minimum absolute atomic E-state index is 0.144. The molecule has 0 amide bonds. The molecular formula is C6H11N3O2. The Balaban J connectivity index is 2.65. The van der Waals surface area contributed by atoms with Crippen LogP contribution in [0.2, 0.25) is 0 Å². The largest absolute Gasteiger partial charge is 0.480 e. The number of rotatable bonds is 1. The SMILES string of the molecule is N=C(N)N1CCC[C@@H]1C(=O)O. The first kappa shape index (κ1) is 7.84. The fourth-order valence-electron chi connectivity index (χ4n) is 1.31. The van der Waals surface area contributed by atoms with Gasteiger partial charge in [-0.15, -0.1) is 0 Å². The van der Waals surface area contributed by atoms with Crippen LogP contribution in [0, 0.1) is 5.41 Å². The molecule has 5 heteroatoms. The number of carbonyl (C=O) groups is 1. The molecule has 0 aliphatic carbocycles. The fraction of sp³-hybridized carbons (Fsp3) is 0.667. The molecule has 1 atom stereocenters. The number of likely N-dealkylation sites (tertiary alicyclic amines) is 1. The third-order valence-electron chi connectivity index (χ3n) is 1.85. The van der Waals surface area contributed by atoms with Crippen LogP contribution in [0.3, 0.4) is 0 Å². The minimum Gasteiger partial charge on any atom is -0.480 e. The lowest BCUT2D eigenvalue weighted by Crippen LogP contribution is -2.43. The number of hydrogen-bond acceptors (Lipinski definition) is 2. The molecule has 0 radical (unpaired) electrons. The zero-order valence-electron chi connectivity index (χ0n) is 6.08.